The Bertz CT molecular complexity index is 433. The number of benzene rings is 1. The van der Waals surface area contributed by atoms with Gasteiger partial charge in [0.25, 0.3) is 0 Å². The lowest BCUT2D eigenvalue weighted by molar-refractivity contribution is 0.476. The van der Waals surface area contributed by atoms with Crippen molar-refractivity contribution in [2.24, 2.45) is 7.05 Å². The van der Waals surface area contributed by atoms with Gasteiger partial charge in [0.15, 0.2) is 0 Å². The van der Waals surface area contributed by atoms with E-state index in [0.717, 1.165) is 10.9 Å². The molecule has 1 aromatic carbocycles. The highest BCUT2D eigenvalue weighted by molar-refractivity contribution is 6.36. The maximum atomic E-state index is 9.29. The van der Waals surface area contributed by atoms with Crippen molar-refractivity contribution in [2.75, 3.05) is 0 Å². The number of aryl methyl sites for hydroxylation is 1. The molecule has 12 heavy (non-hydrogen) atoms. The second-order valence-corrected chi connectivity index (χ2v) is 3.14. The Balaban J connectivity index is 2.93. The van der Waals surface area contributed by atoms with Gasteiger partial charge in [-0.1, -0.05) is 11.6 Å². The zero-order valence-corrected chi connectivity index (χ0v) is 7.34. The lowest BCUT2D eigenvalue weighted by Gasteiger charge is -1.99. The first-order valence-corrected chi connectivity index (χ1v) is 4.00. The molecule has 2 nitrogen and oxygen atoms in total. The van der Waals surface area contributed by atoms with Crippen LogP contribution in [0.3, 0.4) is 0 Å². The first kappa shape index (κ1) is 7.50. The van der Waals surface area contributed by atoms with E-state index in [0.29, 0.717) is 5.02 Å². The normalized spacial score (nSPS) is 10.8. The van der Waals surface area contributed by atoms with Crippen LogP contribution in [-0.2, 0) is 7.05 Å². The summed E-state index contributed by atoms with van der Waals surface area (Å²) in [6.07, 6.45) is 1.91. The van der Waals surface area contributed by atoms with Crippen LogP contribution in [0.4, 0.5) is 0 Å². The molecule has 0 aliphatic rings. The summed E-state index contributed by atoms with van der Waals surface area (Å²) < 4.78 is 1.96. The van der Waals surface area contributed by atoms with Crippen LogP contribution in [0, 0.1) is 0 Å². The zero-order valence-electron chi connectivity index (χ0n) is 6.58. The van der Waals surface area contributed by atoms with Crippen LogP contribution < -0.4 is 0 Å². The molecule has 62 valence electrons. The van der Waals surface area contributed by atoms with Crippen molar-refractivity contribution < 1.29 is 5.11 Å². The van der Waals surface area contributed by atoms with Gasteiger partial charge in [-0.3, -0.25) is 0 Å². The molecule has 0 saturated carbocycles. The zero-order chi connectivity index (χ0) is 8.72. The van der Waals surface area contributed by atoms with Crippen molar-refractivity contribution in [3.05, 3.63) is 29.4 Å². The Morgan fingerprint density at radius 2 is 2.08 bits per heavy atom. The summed E-state index contributed by atoms with van der Waals surface area (Å²) >= 11 is 5.88. The van der Waals surface area contributed by atoms with E-state index in [4.69, 9.17) is 11.6 Å². The van der Waals surface area contributed by atoms with Crippen LogP contribution in [0.1, 0.15) is 0 Å². The molecule has 1 aromatic heterocycles. The molecule has 0 spiro atoms. The van der Waals surface area contributed by atoms with E-state index in [1.54, 1.807) is 6.07 Å². The number of aromatic nitrogens is 1. The van der Waals surface area contributed by atoms with Crippen LogP contribution in [0.15, 0.2) is 24.4 Å². The van der Waals surface area contributed by atoms with Gasteiger partial charge in [0, 0.05) is 24.1 Å². The summed E-state index contributed by atoms with van der Waals surface area (Å²) in [6, 6.07) is 5.33. The van der Waals surface area contributed by atoms with Gasteiger partial charge in [0.1, 0.15) is 5.75 Å². The maximum absolute atomic E-state index is 9.29. The summed E-state index contributed by atoms with van der Waals surface area (Å²) in [6.45, 7) is 0. The minimum atomic E-state index is 0.135. The maximum Gasteiger partial charge on any atom is 0.134 e. The standard InChI is InChI=1S/C9H8ClNO/c1-11-5-4-6-7(11)2-3-8(12)9(6)10/h2-5,12H,1H3. The van der Waals surface area contributed by atoms with Gasteiger partial charge in [-0.2, -0.15) is 0 Å². The fourth-order valence-electron chi connectivity index (χ4n) is 1.30. The molecule has 2 aromatic rings. The molecule has 1 N–H and O–H groups in total. The van der Waals surface area contributed by atoms with E-state index in [1.165, 1.54) is 0 Å². The molecule has 2 rings (SSSR count). The molecule has 0 saturated heterocycles. The number of phenols is 1. The van der Waals surface area contributed by atoms with Crippen molar-refractivity contribution in [3.63, 3.8) is 0 Å². The lowest BCUT2D eigenvalue weighted by Crippen LogP contribution is -1.82. The quantitative estimate of drug-likeness (QED) is 0.664. The van der Waals surface area contributed by atoms with Gasteiger partial charge in [-0.15, -0.1) is 0 Å². The van der Waals surface area contributed by atoms with Gasteiger partial charge in [-0.05, 0) is 18.2 Å². The molecular formula is C9H8ClNO. The van der Waals surface area contributed by atoms with Crippen molar-refractivity contribution in [2.45, 2.75) is 0 Å². The monoisotopic (exact) mass is 181 g/mol. The average molecular weight is 182 g/mol. The van der Waals surface area contributed by atoms with Crippen molar-refractivity contribution in [1.82, 2.24) is 4.57 Å². The molecule has 0 radical (unpaired) electrons. The third-order valence-corrected chi connectivity index (χ3v) is 2.38. The molecule has 0 fully saturated rings. The Labute approximate surface area is 75.0 Å². The highest BCUT2D eigenvalue weighted by Crippen LogP contribution is 2.31. The van der Waals surface area contributed by atoms with E-state index in [1.807, 2.05) is 29.9 Å². The van der Waals surface area contributed by atoms with Gasteiger partial charge in [0.05, 0.1) is 5.02 Å². The van der Waals surface area contributed by atoms with E-state index in [2.05, 4.69) is 0 Å². The summed E-state index contributed by atoms with van der Waals surface area (Å²) in [5, 5.41) is 10.6. The summed E-state index contributed by atoms with van der Waals surface area (Å²) in [4.78, 5) is 0. The Morgan fingerprint density at radius 1 is 1.33 bits per heavy atom. The number of rotatable bonds is 0. The van der Waals surface area contributed by atoms with Crippen molar-refractivity contribution >= 4 is 22.5 Å². The predicted octanol–water partition coefficient (Wildman–Crippen LogP) is 2.54. The number of hydrogen-bond donors (Lipinski definition) is 1. The Kier molecular flexibility index (Phi) is 1.51. The van der Waals surface area contributed by atoms with E-state index >= 15 is 0 Å². The van der Waals surface area contributed by atoms with E-state index in [9.17, 15) is 5.11 Å². The molecule has 0 aliphatic carbocycles. The van der Waals surface area contributed by atoms with Crippen molar-refractivity contribution in [3.8, 4) is 5.75 Å². The molecule has 3 heteroatoms. The Morgan fingerprint density at radius 3 is 2.83 bits per heavy atom. The van der Waals surface area contributed by atoms with Crippen LogP contribution in [0.5, 0.6) is 5.75 Å². The number of halogens is 1. The number of hydrogen-bond acceptors (Lipinski definition) is 1. The smallest absolute Gasteiger partial charge is 0.134 e. The molecule has 1 heterocycles. The fourth-order valence-corrected chi connectivity index (χ4v) is 1.53. The van der Waals surface area contributed by atoms with Crippen LogP contribution in [0.2, 0.25) is 5.02 Å². The second kappa shape index (κ2) is 2.42. The predicted molar refractivity (Wildman–Crippen MR) is 49.6 cm³/mol. The molecule has 0 aliphatic heterocycles. The van der Waals surface area contributed by atoms with Gasteiger partial charge < -0.3 is 9.67 Å². The van der Waals surface area contributed by atoms with Gasteiger partial charge >= 0.3 is 0 Å². The third kappa shape index (κ3) is 0.883. The van der Waals surface area contributed by atoms with E-state index < -0.39 is 0 Å². The number of fused-ring (bicyclic) bond motifs is 1. The SMILES string of the molecule is Cn1ccc2c(Cl)c(O)ccc21. The highest BCUT2D eigenvalue weighted by Gasteiger charge is 2.05. The van der Waals surface area contributed by atoms with Gasteiger partial charge in [-0.25, -0.2) is 0 Å². The Hall–Kier alpha value is -1.15. The molecular weight excluding hydrogens is 174 g/mol. The van der Waals surface area contributed by atoms with Crippen molar-refractivity contribution in [1.29, 1.82) is 0 Å². The minimum Gasteiger partial charge on any atom is -0.506 e. The molecule has 0 bridgehead atoms. The van der Waals surface area contributed by atoms with Gasteiger partial charge in [0.2, 0.25) is 0 Å². The highest BCUT2D eigenvalue weighted by atomic mass is 35.5. The number of phenolic OH excluding ortho intramolecular Hbond substituents is 1. The van der Waals surface area contributed by atoms with E-state index in [-0.39, 0.29) is 5.75 Å². The number of aromatic hydroxyl groups is 1. The fraction of sp³-hybridized carbons (Fsp3) is 0.111. The first-order chi connectivity index (χ1) is 5.70. The summed E-state index contributed by atoms with van der Waals surface area (Å²) in [5.41, 5.74) is 1.03. The summed E-state index contributed by atoms with van der Waals surface area (Å²) in [7, 11) is 1.94. The van der Waals surface area contributed by atoms with Crippen LogP contribution >= 0.6 is 11.6 Å². The topological polar surface area (TPSA) is 25.2 Å². The molecule has 0 atom stereocenters. The minimum absolute atomic E-state index is 0.135. The molecule has 0 unspecified atom stereocenters. The third-order valence-electron chi connectivity index (χ3n) is 1.98. The average Bonchev–Trinajstić information content (AvgIpc) is 2.41. The molecule has 0 amide bonds. The first-order valence-electron chi connectivity index (χ1n) is 3.62. The summed E-state index contributed by atoms with van der Waals surface area (Å²) in [5.74, 6) is 0.135. The van der Waals surface area contributed by atoms with Crippen LogP contribution in [0.25, 0.3) is 10.9 Å². The lowest BCUT2D eigenvalue weighted by atomic mass is 10.2. The second-order valence-electron chi connectivity index (χ2n) is 2.76. The number of nitrogens with zero attached hydrogens (tertiary/aromatic N) is 1. The largest absolute Gasteiger partial charge is 0.506 e. The van der Waals surface area contributed by atoms with Crippen LogP contribution in [-0.4, -0.2) is 9.67 Å².